The van der Waals surface area contributed by atoms with E-state index in [1.807, 2.05) is 42.5 Å². The van der Waals surface area contributed by atoms with Crippen molar-refractivity contribution in [2.24, 2.45) is 0 Å². The van der Waals surface area contributed by atoms with Gasteiger partial charge in [0.25, 0.3) is 0 Å². The number of likely N-dealkylation sites (tertiary alicyclic amines) is 1. The topological polar surface area (TPSA) is 79.9 Å². The molecule has 0 bridgehead atoms. The Balaban J connectivity index is 1.44. The van der Waals surface area contributed by atoms with Gasteiger partial charge in [-0.2, -0.15) is 0 Å². The number of carbonyl (C=O) groups is 2. The summed E-state index contributed by atoms with van der Waals surface area (Å²) in [5.74, 6) is 0.759. The fraction of sp³-hybridized carbons (Fsp3) is 0.286. The first kappa shape index (κ1) is 23.1. The zero-order valence-corrected chi connectivity index (χ0v) is 19.7. The van der Waals surface area contributed by atoms with Crippen LogP contribution in [-0.2, 0) is 9.53 Å². The molecule has 0 saturated carbocycles. The summed E-state index contributed by atoms with van der Waals surface area (Å²) in [6.45, 7) is 2.11. The number of methoxy groups -OCH3 is 1. The molecular weight excluding hydrogens is 442 g/mol. The number of carbonyl (C=O) groups excluding carboxylic acids is 2. The maximum atomic E-state index is 12.4. The fourth-order valence-corrected chi connectivity index (χ4v) is 5.07. The summed E-state index contributed by atoms with van der Waals surface area (Å²) in [5.41, 5.74) is 2.19. The number of rotatable bonds is 6. The number of nitrogens with one attached hydrogen (secondary N) is 2. The lowest BCUT2D eigenvalue weighted by molar-refractivity contribution is -0.125. The van der Waals surface area contributed by atoms with Crippen LogP contribution >= 0.6 is 0 Å². The van der Waals surface area contributed by atoms with E-state index in [4.69, 9.17) is 9.47 Å². The van der Waals surface area contributed by atoms with E-state index in [0.29, 0.717) is 23.7 Å². The smallest absolute Gasteiger partial charge is 0.341 e. The average Bonchev–Trinajstić information content (AvgIpc) is 3.25. The number of benzene rings is 3. The highest BCUT2D eigenvalue weighted by Crippen LogP contribution is 2.36. The van der Waals surface area contributed by atoms with Gasteiger partial charge in [0.05, 0.1) is 19.8 Å². The molecular formula is C28H29N3O4. The Kier molecular flexibility index (Phi) is 6.53. The van der Waals surface area contributed by atoms with Gasteiger partial charge in [-0.3, -0.25) is 15.0 Å². The van der Waals surface area contributed by atoms with Crippen LogP contribution in [0.2, 0.25) is 0 Å². The highest BCUT2D eigenvalue weighted by atomic mass is 16.5. The van der Waals surface area contributed by atoms with Crippen LogP contribution in [-0.4, -0.2) is 49.2 Å². The summed E-state index contributed by atoms with van der Waals surface area (Å²) in [6.07, 6.45) is 1.51. The average molecular weight is 472 g/mol. The van der Waals surface area contributed by atoms with Gasteiger partial charge in [0.1, 0.15) is 22.6 Å². The minimum atomic E-state index is -0.458. The minimum absolute atomic E-state index is 0.0115. The maximum Gasteiger partial charge on any atom is 0.341 e. The molecule has 1 amide bonds. The molecule has 180 valence electrons. The Morgan fingerprint density at radius 3 is 2.37 bits per heavy atom. The summed E-state index contributed by atoms with van der Waals surface area (Å²) in [4.78, 5) is 27.0. The fourth-order valence-electron chi connectivity index (χ4n) is 5.07. The van der Waals surface area contributed by atoms with Crippen molar-refractivity contribution in [1.82, 2.24) is 15.5 Å². The Morgan fingerprint density at radius 1 is 0.943 bits per heavy atom. The van der Waals surface area contributed by atoms with Crippen LogP contribution in [0.25, 0.3) is 0 Å². The molecule has 35 heavy (non-hydrogen) atoms. The lowest BCUT2D eigenvalue weighted by atomic mass is 9.85. The molecule has 0 aliphatic carbocycles. The maximum absolute atomic E-state index is 12.4. The van der Waals surface area contributed by atoms with Crippen LogP contribution < -0.4 is 15.4 Å². The third-order valence-corrected chi connectivity index (χ3v) is 6.94. The third-order valence-electron chi connectivity index (χ3n) is 6.94. The molecule has 2 aliphatic heterocycles. The molecule has 7 nitrogen and oxygen atoms in total. The number of hydrogen-bond acceptors (Lipinski definition) is 6. The standard InChI is InChI=1S/C28H29N3O4/c1-34-26(32)23-12-5-6-13-24(23)35-22-11-7-10-21(18-22)25(20-8-3-2-4-9-20)31-16-14-28(15-17-31)27(33)29-19-30-28/h2-13,18,25,30H,14-17,19H2,1H3,(H,29,33). The summed E-state index contributed by atoms with van der Waals surface area (Å²) in [6, 6.07) is 25.4. The summed E-state index contributed by atoms with van der Waals surface area (Å²) < 4.78 is 11.1. The molecule has 2 aliphatic rings. The largest absolute Gasteiger partial charge is 0.465 e. The van der Waals surface area contributed by atoms with E-state index in [0.717, 1.165) is 31.5 Å². The molecule has 0 aromatic heterocycles. The normalized spacial score (nSPS) is 18.1. The molecule has 2 heterocycles. The molecule has 1 atom stereocenters. The van der Waals surface area contributed by atoms with Crippen LogP contribution in [0.15, 0.2) is 78.9 Å². The van der Waals surface area contributed by atoms with E-state index in [9.17, 15) is 9.59 Å². The second-order valence-electron chi connectivity index (χ2n) is 8.95. The highest BCUT2D eigenvalue weighted by molar-refractivity contribution is 5.92. The lowest BCUT2D eigenvalue weighted by Gasteiger charge is -2.41. The number of hydrogen-bond donors (Lipinski definition) is 2. The first-order chi connectivity index (χ1) is 17.1. The molecule has 2 saturated heterocycles. The SMILES string of the molecule is COC(=O)c1ccccc1Oc1cccc(C(c2ccccc2)N2CCC3(CC2)NCNC3=O)c1. The van der Waals surface area contributed by atoms with Gasteiger partial charge < -0.3 is 14.8 Å². The van der Waals surface area contributed by atoms with Crippen molar-refractivity contribution >= 4 is 11.9 Å². The zero-order valence-electron chi connectivity index (χ0n) is 19.7. The van der Waals surface area contributed by atoms with Gasteiger partial charge >= 0.3 is 5.97 Å². The van der Waals surface area contributed by atoms with E-state index in [1.54, 1.807) is 18.2 Å². The monoisotopic (exact) mass is 471 g/mol. The Bertz CT molecular complexity index is 1210. The number of para-hydroxylation sites is 1. The zero-order chi connectivity index (χ0) is 24.3. The van der Waals surface area contributed by atoms with E-state index >= 15 is 0 Å². The van der Waals surface area contributed by atoms with Crippen molar-refractivity contribution in [1.29, 1.82) is 0 Å². The molecule has 1 unspecified atom stereocenters. The van der Waals surface area contributed by atoms with Crippen LogP contribution in [0.5, 0.6) is 11.5 Å². The quantitative estimate of drug-likeness (QED) is 0.532. The third kappa shape index (κ3) is 4.65. The Hall–Kier alpha value is -3.68. The molecule has 2 N–H and O–H groups in total. The molecule has 3 aromatic carbocycles. The second-order valence-corrected chi connectivity index (χ2v) is 8.95. The number of nitrogens with zero attached hydrogens (tertiary/aromatic N) is 1. The Morgan fingerprint density at radius 2 is 1.66 bits per heavy atom. The molecule has 2 fully saturated rings. The van der Waals surface area contributed by atoms with E-state index in [1.165, 1.54) is 12.7 Å². The van der Waals surface area contributed by atoms with Gasteiger partial charge in [-0.1, -0.05) is 54.6 Å². The van der Waals surface area contributed by atoms with Gasteiger partial charge in [-0.25, -0.2) is 4.79 Å². The summed E-state index contributed by atoms with van der Waals surface area (Å²) in [5, 5.41) is 6.29. The van der Waals surface area contributed by atoms with E-state index in [2.05, 4.69) is 33.7 Å². The number of piperidine rings is 1. The van der Waals surface area contributed by atoms with Gasteiger partial charge in [0.15, 0.2) is 0 Å². The van der Waals surface area contributed by atoms with Crippen molar-refractivity contribution in [2.45, 2.75) is 24.4 Å². The van der Waals surface area contributed by atoms with Gasteiger partial charge in [0.2, 0.25) is 5.91 Å². The first-order valence-electron chi connectivity index (χ1n) is 11.9. The van der Waals surface area contributed by atoms with Gasteiger partial charge in [-0.15, -0.1) is 0 Å². The number of ether oxygens (including phenoxy) is 2. The van der Waals surface area contributed by atoms with Gasteiger partial charge in [0, 0.05) is 13.1 Å². The number of esters is 1. The van der Waals surface area contributed by atoms with Crippen LogP contribution in [0.4, 0.5) is 0 Å². The minimum Gasteiger partial charge on any atom is -0.465 e. The summed E-state index contributed by atoms with van der Waals surface area (Å²) in [7, 11) is 1.36. The van der Waals surface area contributed by atoms with Crippen molar-refractivity contribution in [3.05, 3.63) is 95.6 Å². The predicted molar refractivity (Wildman–Crippen MR) is 132 cm³/mol. The van der Waals surface area contributed by atoms with Crippen molar-refractivity contribution in [3.8, 4) is 11.5 Å². The van der Waals surface area contributed by atoms with Crippen LogP contribution in [0, 0.1) is 0 Å². The lowest BCUT2D eigenvalue weighted by Crippen LogP contribution is -2.55. The van der Waals surface area contributed by atoms with Crippen LogP contribution in [0.3, 0.4) is 0 Å². The molecule has 5 rings (SSSR count). The molecule has 3 aromatic rings. The second kappa shape index (κ2) is 9.90. The van der Waals surface area contributed by atoms with Crippen molar-refractivity contribution in [3.63, 3.8) is 0 Å². The number of amides is 1. The highest BCUT2D eigenvalue weighted by Gasteiger charge is 2.45. The van der Waals surface area contributed by atoms with E-state index in [-0.39, 0.29) is 11.9 Å². The van der Waals surface area contributed by atoms with Gasteiger partial charge in [-0.05, 0) is 48.2 Å². The molecule has 1 spiro atoms. The predicted octanol–water partition coefficient (Wildman–Crippen LogP) is 3.87. The van der Waals surface area contributed by atoms with Crippen molar-refractivity contribution in [2.75, 3.05) is 26.9 Å². The summed E-state index contributed by atoms with van der Waals surface area (Å²) >= 11 is 0. The Labute approximate surface area is 205 Å². The van der Waals surface area contributed by atoms with E-state index < -0.39 is 11.5 Å². The van der Waals surface area contributed by atoms with Crippen molar-refractivity contribution < 1.29 is 19.1 Å². The van der Waals surface area contributed by atoms with Crippen LogP contribution in [0.1, 0.15) is 40.4 Å². The molecule has 0 radical (unpaired) electrons. The first-order valence-corrected chi connectivity index (χ1v) is 11.9. The molecule has 7 heteroatoms.